The molecule has 0 fully saturated rings. The van der Waals surface area contributed by atoms with Gasteiger partial charge in [-0.1, -0.05) is 13.8 Å². The molecule has 1 aromatic heterocycles. The molecule has 0 aliphatic carbocycles. The first-order valence-electron chi connectivity index (χ1n) is 6.07. The number of carboxylic acids is 1. The number of aromatic nitrogens is 1. The van der Waals surface area contributed by atoms with Gasteiger partial charge in [0.25, 0.3) is 0 Å². The van der Waals surface area contributed by atoms with Crippen molar-refractivity contribution in [3.63, 3.8) is 0 Å². The van der Waals surface area contributed by atoms with E-state index in [0.29, 0.717) is 13.0 Å². The van der Waals surface area contributed by atoms with E-state index in [1.54, 1.807) is 6.20 Å². The summed E-state index contributed by atoms with van der Waals surface area (Å²) in [5.74, 6) is -0.817. The zero-order valence-corrected chi connectivity index (χ0v) is 12.1. The number of nitrogens with one attached hydrogen (secondary N) is 2. The Hall–Kier alpha value is -1.63. The van der Waals surface area contributed by atoms with Crippen molar-refractivity contribution in [3.05, 3.63) is 16.1 Å². The molecule has 0 aromatic carbocycles. The van der Waals surface area contributed by atoms with Gasteiger partial charge in [-0.2, -0.15) is 0 Å². The second kappa shape index (κ2) is 7.08. The van der Waals surface area contributed by atoms with E-state index < -0.39 is 18.0 Å². The predicted octanol–water partition coefficient (Wildman–Crippen LogP) is 1.75. The molecule has 0 saturated carbocycles. The van der Waals surface area contributed by atoms with Gasteiger partial charge in [-0.15, -0.1) is 11.3 Å². The molecule has 0 saturated heterocycles. The van der Waals surface area contributed by atoms with Crippen molar-refractivity contribution in [1.29, 1.82) is 0 Å². The van der Waals surface area contributed by atoms with Crippen LogP contribution >= 0.6 is 11.3 Å². The number of rotatable bonds is 6. The Morgan fingerprint density at radius 2 is 2.16 bits per heavy atom. The predicted molar refractivity (Wildman–Crippen MR) is 73.1 cm³/mol. The van der Waals surface area contributed by atoms with Crippen LogP contribution in [-0.2, 0) is 11.3 Å². The van der Waals surface area contributed by atoms with E-state index in [1.165, 1.54) is 11.3 Å². The van der Waals surface area contributed by atoms with E-state index in [0.717, 1.165) is 9.88 Å². The summed E-state index contributed by atoms with van der Waals surface area (Å²) in [4.78, 5) is 27.6. The monoisotopic (exact) mass is 285 g/mol. The van der Waals surface area contributed by atoms with Gasteiger partial charge in [-0.05, 0) is 19.3 Å². The van der Waals surface area contributed by atoms with Gasteiger partial charge in [0, 0.05) is 11.1 Å². The molecule has 3 N–H and O–H groups in total. The van der Waals surface area contributed by atoms with Crippen molar-refractivity contribution in [2.45, 2.75) is 39.8 Å². The van der Waals surface area contributed by atoms with E-state index in [2.05, 4.69) is 15.6 Å². The SMILES string of the molecule is Cc1ncc(CNC(=O)NC(CC(C)C)C(=O)O)s1. The zero-order chi connectivity index (χ0) is 14.4. The number of amides is 2. The van der Waals surface area contributed by atoms with Crippen molar-refractivity contribution in [2.24, 2.45) is 5.92 Å². The number of hydrogen-bond donors (Lipinski definition) is 3. The van der Waals surface area contributed by atoms with E-state index in [4.69, 9.17) is 5.11 Å². The Kier molecular flexibility index (Phi) is 5.75. The molecule has 0 aliphatic heterocycles. The normalized spacial score (nSPS) is 12.2. The van der Waals surface area contributed by atoms with Gasteiger partial charge in [-0.3, -0.25) is 0 Å². The molecule has 1 aromatic rings. The number of thiazole rings is 1. The number of nitrogens with zero attached hydrogens (tertiary/aromatic N) is 1. The maximum Gasteiger partial charge on any atom is 0.326 e. The Bertz CT molecular complexity index is 445. The highest BCUT2D eigenvalue weighted by Gasteiger charge is 2.20. The highest BCUT2D eigenvalue weighted by atomic mass is 32.1. The van der Waals surface area contributed by atoms with Crippen LogP contribution in [0.5, 0.6) is 0 Å². The smallest absolute Gasteiger partial charge is 0.326 e. The van der Waals surface area contributed by atoms with E-state index in [9.17, 15) is 9.59 Å². The lowest BCUT2D eigenvalue weighted by Gasteiger charge is -2.16. The first kappa shape index (κ1) is 15.4. The maximum absolute atomic E-state index is 11.6. The third-order valence-electron chi connectivity index (χ3n) is 2.40. The second-order valence-corrected chi connectivity index (χ2v) is 6.01. The van der Waals surface area contributed by atoms with Crippen LogP contribution in [-0.4, -0.2) is 28.1 Å². The number of carbonyl (C=O) groups is 2. The molecule has 1 unspecified atom stereocenters. The lowest BCUT2D eigenvalue weighted by atomic mass is 10.0. The number of hydrogen-bond acceptors (Lipinski definition) is 4. The van der Waals surface area contributed by atoms with Crippen LogP contribution in [0.2, 0.25) is 0 Å². The summed E-state index contributed by atoms with van der Waals surface area (Å²) in [6.45, 7) is 6.06. The van der Waals surface area contributed by atoms with Crippen LogP contribution < -0.4 is 10.6 Å². The summed E-state index contributed by atoms with van der Waals surface area (Å²) in [5.41, 5.74) is 0. The van der Waals surface area contributed by atoms with Crippen molar-refractivity contribution < 1.29 is 14.7 Å². The quantitative estimate of drug-likeness (QED) is 0.742. The van der Waals surface area contributed by atoms with Gasteiger partial charge >= 0.3 is 12.0 Å². The minimum atomic E-state index is -1.02. The fraction of sp³-hybridized carbons (Fsp3) is 0.583. The number of carboxylic acid groups (broad SMARTS) is 1. The molecule has 0 spiro atoms. The first-order chi connectivity index (χ1) is 8.88. The van der Waals surface area contributed by atoms with Crippen LogP contribution in [0.3, 0.4) is 0 Å². The summed E-state index contributed by atoms with van der Waals surface area (Å²) in [7, 11) is 0. The summed E-state index contributed by atoms with van der Waals surface area (Å²) < 4.78 is 0. The van der Waals surface area contributed by atoms with Gasteiger partial charge in [0.1, 0.15) is 6.04 Å². The summed E-state index contributed by atoms with van der Waals surface area (Å²) >= 11 is 1.50. The Morgan fingerprint density at radius 1 is 1.47 bits per heavy atom. The van der Waals surface area contributed by atoms with E-state index >= 15 is 0 Å². The molecule has 6 nitrogen and oxygen atoms in total. The lowest BCUT2D eigenvalue weighted by molar-refractivity contribution is -0.139. The van der Waals surface area contributed by atoms with E-state index in [-0.39, 0.29) is 5.92 Å². The average molecular weight is 285 g/mol. The topological polar surface area (TPSA) is 91.3 Å². The molecule has 106 valence electrons. The summed E-state index contributed by atoms with van der Waals surface area (Å²) in [5, 5.41) is 15.0. The third kappa shape index (κ3) is 5.69. The van der Waals surface area contributed by atoms with Crippen LogP contribution in [0.25, 0.3) is 0 Å². The highest BCUT2D eigenvalue weighted by Crippen LogP contribution is 2.10. The van der Waals surface area contributed by atoms with Crippen molar-refractivity contribution in [3.8, 4) is 0 Å². The number of urea groups is 1. The summed E-state index contributed by atoms with van der Waals surface area (Å²) in [6.07, 6.45) is 2.10. The molecule has 1 rings (SSSR count). The van der Waals surface area contributed by atoms with E-state index in [1.807, 2.05) is 20.8 Å². The molecule has 2 amide bonds. The standard InChI is InChI=1S/C12H19N3O3S/c1-7(2)4-10(11(16)17)15-12(18)14-6-9-5-13-8(3)19-9/h5,7,10H,4,6H2,1-3H3,(H,16,17)(H2,14,15,18). The molecule has 19 heavy (non-hydrogen) atoms. The first-order valence-corrected chi connectivity index (χ1v) is 6.88. The zero-order valence-electron chi connectivity index (χ0n) is 11.3. The minimum Gasteiger partial charge on any atom is -0.480 e. The number of carbonyl (C=O) groups excluding carboxylic acids is 1. The number of aryl methyl sites for hydroxylation is 1. The number of aliphatic carboxylic acids is 1. The molecular weight excluding hydrogens is 266 g/mol. The molecule has 0 aliphatic rings. The molecule has 0 bridgehead atoms. The average Bonchev–Trinajstić information content (AvgIpc) is 2.71. The van der Waals surface area contributed by atoms with Gasteiger partial charge < -0.3 is 15.7 Å². The fourth-order valence-electron chi connectivity index (χ4n) is 1.56. The fourth-order valence-corrected chi connectivity index (χ4v) is 2.29. The molecule has 1 heterocycles. The van der Waals surface area contributed by atoms with Crippen LogP contribution in [0.1, 0.15) is 30.2 Å². The third-order valence-corrected chi connectivity index (χ3v) is 3.32. The summed E-state index contributed by atoms with van der Waals surface area (Å²) in [6, 6.07) is -1.33. The highest BCUT2D eigenvalue weighted by molar-refractivity contribution is 7.11. The lowest BCUT2D eigenvalue weighted by Crippen LogP contribution is -2.46. The van der Waals surface area contributed by atoms with Crippen molar-refractivity contribution in [1.82, 2.24) is 15.6 Å². The Labute approximate surface area is 116 Å². The van der Waals surface area contributed by atoms with Crippen molar-refractivity contribution >= 4 is 23.3 Å². The van der Waals surface area contributed by atoms with Crippen LogP contribution in [0, 0.1) is 12.8 Å². The molecule has 7 heteroatoms. The van der Waals surface area contributed by atoms with Gasteiger partial charge in [0.05, 0.1) is 11.6 Å². The van der Waals surface area contributed by atoms with Gasteiger partial charge in [0.15, 0.2) is 0 Å². The molecule has 0 radical (unpaired) electrons. The van der Waals surface area contributed by atoms with Crippen molar-refractivity contribution in [2.75, 3.05) is 0 Å². The van der Waals surface area contributed by atoms with Gasteiger partial charge in [-0.25, -0.2) is 14.6 Å². The molecule has 1 atom stereocenters. The van der Waals surface area contributed by atoms with Crippen LogP contribution in [0.15, 0.2) is 6.20 Å². The van der Waals surface area contributed by atoms with Gasteiger partial charge in [0.2, 0.25) is 0 Å². The Balaban J connectivity index is 2.42. The molecular formula is C12H19N3O3S. The van der Waals surface area contributed by atoms with Crippen LogP contribution in [0.4, 0.5) is 4.79 Å². The Morgan fingerprint density at radius 3 is 2.63 bits per heavy atom. The minimum absolute atomic E-state index is 0.200. The maximum atomic E-state index is 11.6. The second-order valence-electron chi connectivity index (χ2n) is 4.69. The largest absolute Gasteiger partial charge is 0.480 e.